The van der Waals surface area contributed by atoms with E-state index in [1.54, 1.807) is 0 Å². The average Bonchev–Trinajstić information content (AvgIpc) is 2.37. The molecule has 0 saturated carbocycles. The molecule has 2 unspecified atom stereocenters. The van der Waals surface area contributed by atoms with Crippen LogP contribution in [0.25, 0.3) is 0 Å². The van der Waals surface area contributed by atoms with Gasteiger partial charge in [0, 0.05) is 31.9 Å². The van der Waals surface area contributed by atoms with Crippen LogP contribution >= 0.6 is 0 Å². The van der Waals surface area contributed by atoms with Crippen molar-refractivity contribution >= 4 is 5.82 Å². The standard InChI is InChI=1S/C14H23N3O/c1-4-15-14-6-5-13(7-16-14)9-17-8-12(3)18-10-11(17)2/h5-7,11-12H,4,8-10H2,1-3H3,(H,15,16). The molecule has 2 rings (SSSR count). The van der Waals surface area contributed by atoms with Crippen LogP contribution in [0.1, 0.15) is 26.3 Å². The molecule has 4 heteroatoms. The van der Waals surface area contributed by atoms with Crippen LogP contribution in [0.15, 0.2) is 18.3 Å². The van der Waals surface area contributed by atoms with Gasteiger partial charge in [-0.3, -0.25) is 4.90 Å². The number of nitrogens with zero attached hydrogens (tertiary/aromatic N) is 2. The topological polar surface area (TPSA) is 37.4 Å². The summed E-state index contributed by atoms with van der Waals surface area (Å²) in [5.74, 6) is 0.949. The molecule has 100 valence electrons. The van der Waals surface area contributed by atoms with Crippen LogP contribution in [0.4, 0.5) is 5.82 Å². The van der Waals surface area contributed by atoms with Crippen LogP contribution in [-0.2, 0) is 11.3 Å². The van der Waals surface area contributed by atoms with Crippen molar-refractivity contribution in [3.63, 3.8) is 0 Å². The fourth-order valence-electron chi connectivity index (χ4n) is 2.23. The van der Waals surface area contributed by atoms with Gasteiger partial charge in [0.2, 0.25) is 0 Å². The van der Waals surface area contributed by atoms with Crippen molar-refractivity contribution < 1.29 is 4.74 Å². The highest BCUT2D eigenvalue weighted by atomic mass is 16.5. The number of rotatable bonds is 4. The van der Waals surface area contributed by atoms with Crippen LogP contribution in [0.3, 0.4) is 0 Å². The number of ether oxygens (including phenoxy) is 1. The Bertz CT molecular complexity index is 366. The summed E-state index contributed by atoms with van der Waals surface area (Å²) < 4.78 is 5.64. The van der Waals surface area contributed by atoms with E-state index in [0.29, 0.717) is 12.1 Å². The lowest BCUT2D eigenvalue weighted by Crippen LogP contribution is -2.46. The summed E-state index contributed by atoms with van der Waals surface area (Å²) >= 11 is 0. The van der Waals surface area contributed by atoms with Crippen LogP contribution in [-0.4, -0.2) is 41.7 Å². The number of anilines is 1. The first-order valence-electron chi connectivity index (χ1n) is 6.73. The SMILES string of the molecule is CCNc1ccc(CN2CC(C)OCC2C)cn1. The molecule has 1 saturated heterocycles. The van der Waals surface area contributed by atoms with Gasteiger partial charge >= 0.3 is 0 Å². The predicted molar refractivity (Wildman–Crippen MR) is 73.7 cm³/mol. The molecule has 0 amide bonds. The molecule has 0 aliphatic carbocycles. The van der Waals surface area contributed by atoms with Gasteiger partial charge in [0.15, 0.2) is 0 Å². The van der Waals surface area contributed by atoms with Gasteiger partial charge in [0.05, 0.1) is 12.7 Å². The van der Waals surface area contributed by atoms with Crippen LogP contribution in [0.2, 0.25) is 0 Å². The number of aromatic nitrogens is 1. The van der Waals surface area contributed by atoms with Crippen molar-refractivity contribution in [2.24, 2.45) is 0 Å². The molecular formula is C14H23N3O. The summed E-state index contributed by atoms with van der Waals surface area (Å²) in [5, 5.41) is 3.21. The molecule has 0 bridgehead atoms. The summed E-state index contributed by atoms with van der Waals surface area (Å²) in [5.41, 5.74) is 1.26. The third kappa shape index (κ3) is 3.43. The second kappa shape index (κ2) is 6.16. The lowest BCUT2D eigenvalue weighted by atomic mass is 10.1. The quantitative estimate of drug-likeness (QED) is 0.887. The Hall–Kier alpha value is -1.13. The Labute approximate surface area is 109 Å². The maximum atomic E-state index is 5.64. The molecule has 2 atom stereocenters. The normalized spacial score (nSPS) is 25.1. The van der Waals surface area contributed by atoms with Crippen LogP contribution < -0.4 is 5.32 Å². The zero-order chi connectivity index (χ0) is 13.0. The molecule has 0 radical (unpaired) electrons. The number of hydrogen-bond donors (Lipinski definition) is 1. The largest absolute Gasteiger partial charge is 0.376 e. The first-order chi connectivity index (χ1) is 8.69. The van der Waals surface area contributed by atoms with E-state index in [1.807, 2.05) is 12.3 Å². The van der Waals surface area contributed by atoms with E-state index < -0.39 is 0 Å². The highest BCUT2D eigenvalue weighted by Crippen LogP contribution is 2.15. The molecule has 0 aromatic carbocycles. The van der Waals surface area contributed by atoms with E-state index in [2.05, 4.69) is 42.0 Å². The first-order valence-corrected chi connectivity index (χ1v) is 6.73. The van der Waals surface area contributed by atoms with Crippen molar-refractivity contribution in [3.05, 3.63) is 23.9 Å². The van der Waals surface area contributed by atoms with Gasteiger partial charge in [0.1, 0.15) is 5.82 Å². The van der Waals surface area contributed by atoms with Crippen LogP contribution in [0, 0.1) is 0 Å². The van der Waals surface area contributed by atoms with E-state index in [4.69, 9.17) is 4.74 Å². The minimum absolute atomic E-state index is 0.329. The summed E-state index contributed by atoms with van der Waals surface area (Å²) in [4.78, 5) is 6.87. The van der Waals surface area contributed by atoms with Crippen LogP contribution in [0.5, 0.6) is 0 Å². The third-order valence-corrected chi connectivity index (χ3v) is 3.31. The van der Waals surface area contributed by atoms with Crippen molar-refractivity contribution in [3.8, 4) is 0 Å². The van der Waals surface area contributed by atoms with Gasteiger partial charge in [-0.25, -0.2) is 4.98 Å². The summed E-state index contributed by atoms with van der Waals surface area (Å²) in [6.07, 6.45) is 2.29. The van der Waals surface area contributed by atoms with Crippen molar-refractivity contribution in [1.82, 2.24) is 9.88 Å². The second-order valence-corrected chi connectivity index (χ2v) is 5.00. The fraction of sp³-hybridized carbons (Fsp3) is 0.643. The molecule has 0 spiro atoms. The van der Waals surface area contributed by atoms with E-state index >= 15 is 0 Å². The third-order valence-electron chi connectivity index (χ3n) is 3.31. The molecule has 1 aromatic heterocycles. The zero-order valence-corrected chi connectivity index (χ0v) is 11.5. The van der Waals surface area contributed by atoms with E-state index in [1.165, 1.54) is 5.56 Å². The van der Waals surface area contributed by atoms with E-state index in [9.17, 15) is 0 Å². The molecule has 18 heavy (non-hydrogen) atoms. The van der Waals surface area contributed by atoms with Gasteiger partial charge < -0.3 is 10.1 Å². The Kier molecular flexibility index (Phi) is 4.55. The molecule has 1 aliphatic heterocycles. The summed E-state index contributed by atoms with van der Waals surface area (Å²) in [7, 11) is 0. The minimum atomic E-state index is 0.329. The molecule has 1 aliphatic rings. The maximum Gasteiger partial charge on any atom is 0.125 e. The Morgan fingerprint density at radius 3 is 2.94 bits per heavy atom. The Morgan fingerprint density at radius 2 is 2.28 bits per heavy atom. The van der Waals surface area contributed by atoms with Crippen molar-refractivity contribution in [2.75, 3.05) is 25.0 Å². The molecule has 1 N–H and O–H groups in total. The molecule has 2 heterocycles. The first kappa shape index (κ1) is 13.3. The Balaban J connectivity index is 1.95. The number of nitrogens with one attached hydrogen (secondary N) is 1. The minimum Gasteiger partial charge on any atom is -0.376 e. The lowest BCUT2D eigenvalue weighted by molar-refractivity contribution is -0.0526. The monoisotopic (exact) mass is 249 g/mol. The highest BCUT2D eigenvalue weighted by molar-refractivity contribution is 5.35. The average molecular weight is 249 g/mol. The molecule has 1 aromatic rings. The van der Waals surface area contributed by atoms with Gasteiger partial charge in [-0.05, 0) is 32.4 Å². The highest BCUT2D eigenvalue weighted by Gasteiger charge is 2.23. The van der Waals surface area contributed by atoms with Crippen molar-refractivity contribution in [2.45, 2.75) is 39.5 Å². The second-order valence-electron chi connectivity index (χ2n) is 5.00. The number of pyridine rings is 1. The van der Waals surface area contributed by atoms with E-state index in [0.717, 1.165) is 32.1 Å². The predicted octanol–water partition coefficient (Wildman–Crippen LogP) is 2.12. The maximum absolute atomic E-state index is 5.64. The molecule has 1 fully saturated rings. The smallest absolute Gasteiger partial charge is 0.125 e. The number of morpholine rings is 1. The fourth-order valence-corrected chi connectivity index (χ4v) is 2.23. The van der Waals surface area contributed by atoms with Gasteiger partial charge in [-0.15, -0.1) is 0 Å². The summed E-state index contributed by atoms with van der Waals surface area (Å²) in [6.45, 7) is 10.1. The summed E-state index contributed by atoms with van der Waals surface area (Å²) in [6, 6.07) is 4.68. The number of hydrogen-bond acceptors (Lipinski definition) is 4. The van der Waals surface area contributed by atoms with Gasteiger partial charge in [-0.1, -0.05) is 6.07 Å². The zero-order valence-electron chi connectivity index (χ0n) is 11.5. The van der Waals surface area contributed by atoms with Gasteiger partial charge in [-0.2, -0.15) is 0 Å². The van der Waals surface area contributed by atoms with E-state index in [-0.39, 0.29) is 0 Å². The lowest BCUT2D eigenvalue weighted by Gasteiger charge is -2.36. The van der Waals surface area contributed by atoms with Gasteiger partial charge in [0.25, 0.3) is 0 Å². The Morgan fingerprint density at radius 1 is 1.44 bits per heavy atom. The van der Waals surface area contributed by atoms with Crippen molar-refractivity contribution in [1.29, 1.82) is 0 Å². The molecular weight excluding hydrogens is 226 g/mol. The molecule has 4 nitrogen and oxygen atoms in total.